The first-order valence-electron chi connectivity index (χ1n) is 6.06. The first-order chi connectivity index (χ1) is 9.60. The van der Waals surface area contributed by atoms with Crippen LogP contribution in [0.3, 0.4) is 0 Å². The third-order valence-corrected chi connectivity index (χ3v) is 3.58. The summed E-state index contributed by atoms with van der Waals surface area (Å²) in [6.07, 6.45) is 0.211. The highest BCUT2D eigenvalue weighted by atomic mass is 79.9. The maximum absolute atomic E-state index is 13.1. The van der Waals surface area contributed by atoms with Gasteiger partial charge in [0.25, 0.3) is 0 Å². The second-order valence-corrected chi connectivity index (χ2v) is 6.36. The lowest BCUT2D eigenvalue weighted by atomic mass is 9.99. The number of amides is 2. The second-order valence-electron chi connectivity index (χ2n) is 5.10. The number of urea groups is 1. The molecule has 0 spiro atoms. The molecule has 0 aliphatic heterocycles. The molecule has 0 bridgehead atoms. The summed E-state index contributed by atoms with van der Waals surface area (Å²) in [5, 5.41) is 13.9. The lowest BCUT2D eigenvalue weighted by Crippen LogP contribution is -2.45. The molecule has 0 saturated heterocycles. The number of aliphatic carboxylic acids is 1. The predicted molar refractivity (Wildman–Crippen MR) is 82.2 cm³/mol. The Morgan fingerprint density at radius 2 is 2.05 bits per heavy atom. The van der Waals surface area contributed by atoms with Crippen molar-refractivity contribution in [3.63, 3.8) is 0 Å². The van der Waals surface area contributed by atoms with E-state index in [-0.39, 0.29) is 23.6 Å². The number of halogens is 3. The van der Waals surface area contributed by atoms with Gasteiger partial charge >= 0.3 is 12.0 Å². The number of rotatable bonds is 5. The topological polar surface area (TPSA) is 78.4 Å². The third-order valence-electron chi connectivity index (χ3n) is 2.66. The number of hydrogen-bond acceptors (Lipinski definition) is 2. The Labute approximate surface area is 135 Å². The third kappa shape index (κ3) is 5.89. The van der Waals surface area contributed by atoms with Crippen LogP contribution in [0, 0.1) is 5.82 Å². The van der Waals surface area contributed by atoms with Crippen molar-refractivity contribution in [3.8, 4) is 0 Å². The molecule has 0 saturated carbocycles. The molecule has 2 amide bonds. The SMILES string of the molecule is CC(C)(CCC(=O)O)NC(=O)Nc1c(Cl)cc(F)cc1Br. The zero-order valence-corrected chi connectivity index (χ0v) is 13.8. The number of carboxylic acid groups (broad SMARTS) is 1. The molecule has 8 heteroatoms. The first kappa shape index (κ1) is 17.7. The van der Waals surface area contributed by atoms with Crippen LogP contribution in [-0.2, 0) is 4.79 Å². The normalized spacial score (nSPS) is 11.1. The number of nitrogens with one attached hydrogen (secondary N) is 2. The molecule has 0 heterocycles. The predicted octanol–water partition coefficient (Wildman–Crippen LogP) is 4.01. The average molecular weight is 382 g/mol. The maximum Gasteiger partial charge on any atom is 0.319 e. The Kier molecular flexibility index (Phi) is 5.98. The van der Waals surface area contributed by atoms with Gasteiger partial charge in [0, 0.05) is 16.4 Å². The van der Waals surface area contributed by atoms with Crippen molar-refractivity contribution in [2.45, 2.75) is 32.2 Å². The summed E-state index contributed by atoms with van der Waals surface area (Å²) >= 11 is 8.97. The molecule has 0 radical (unpaired) electrons. The van der Waals surface area contributed by atoms with Crippen molar-refractivity contribution in [2.75, 3.05) is 5.32 Å². The fourth-order valence-corrected chi connectivity index (χ4v) is 2.49. The molecule has 1 aromatic carbocycles. The number of carboxylic acids is 1. The Hall–Kier alpha value is -1.34. The van der Waals surface area contributed by atoms with E-state index < -0.39 is 23.4 Å². The molecular weight excluding hydrogens is 367 g/mol. The van der Waals surface area contributed by atoms with Gasteiger partial charge in [-0.2, -0.15) is 0 Å². The monoisotopic (exact) mass is 380 g/mol. The van der Waals surface area contributed by atoms with Gasteiger partial charge in [-0.25, -0.2) is 9.18 Å². The van der Waals surface area contributed by atoms with E-state index in [0.29, 0.717) is 4.47 Å². The molecule has 0 unspecified atom stereocenters. The molecule has 5 nitrogen and oxygen atoms in total. The van der Waals surface area contributed by atoms with Crippen molar-refractivity contribution < 1.29 is 19.1 Å². The molecular formula is C13H15BrClFN2O3. The van der Waals surface area contributed by atoms with Crippen LogP contribution >= 0.6 is 27.5 Å². The molecule has 0 fully saturated rings. The number of benzene rings is 1. The van der Waals surface area contributed by atoms with E-state index in [9.17, 15) is 14.0 Å². The Morgan fingerprint density at radius 1 is 1.43 bits per heavy atom. The molecule has 1 aromatic rings. The van der Waals surface area contributed by atoms with Gasteiger partial charge in [-0.05, 0) is 48.3 Å². The van der Waals surface area contributed by atoms with Crippen molar-refractivity contribution in [2.24, 2.45) is 0 Å². The van der Waals surface area contributed by atoms with E-state index in [4.69, 9.17) is 16.7 Å². The summed E-state index contributed by atoms with van der Waals surface area (Å²) in [6, 6.07) is 1.70. The summed E-state index contributed by atoms with van der Waals surface area (Å²) in [5.74, 6) is -1.46. The minimum absolute atomic E-state index is 0.0559. The smallest absolute Gasteiger partial charge is 0.319 e. The maximum atomic E-state index is 13.1. The molecule has 0 aromatic heterocycles. The van der Waals surface area contributed by atoms with Gasteiger partial charge in [-0.3, -0.25) is 4.79 Å². The van der Waals surface area contributed by atoms with Crippen LogP contribution < -0.4 is 10.6 Å². The highest BCUT2D eigenvalue weighted by molar-refractivity contribution is 9.10. The van der Waals surface area contributed by atoms with Crippen LogP contribution in [0.2, 0.25) is 5.02 Å². The molecule has 0 atom stereocenters. The fraction of sp³-hybridized carbons (Fsp3) is 0.385. The summed E-state index contributed by atoms with van der Waals surface area (Å²) in [6.45, 7) is 3.41. The zero-order chi connectivity index (χ0) is 16.2. The molecule has 21 heavy (non-hydrogen) atoms. The van der Waals surface area contributed by atoms with Crippen LogP contribution in [0.15, 0.2) is 16.6 Å². The lowest BCUT2D eigenvalue weighted by molar-refractivity contribution is -0.137. The van der Waals surface area contributed by atoms with Crippen LogP contribution in [0.1, 0.15) is 26.7 Å². The molecule has 1 rings (SSSR count). The average Bonchev–Trinajstić information content (AvgIpc) is 2.31. The summed E-state index contributed by atoms with van der Waals surface area (Å²) < 4.78 is 13.4. The van der Waals surface area contributed by atoms with E-state index >= 15 is 0 Å². The van der Waals surface area contributed by atoms with E-state index in [1.165, 1.54) is 6.07 Å². The number of anilines is 1. The van der Waals surface area contributed by atoms with Crippen molar-refractivity contribution in [1.29, 1.82) is 0 Å². The molecule has 3 N–H and O–H groups in total. The largest absolute Gasteiger partial charge is 0.481 e. The summed E-state index contributed by atoms with van der Waals surface area (Å²) in [5.41, 5.74) is -0.467. The standard InChI is InChI=1S/C13H15BrClFN2O3/c1-13(2,4-3-10(19)20)18-12(21)17-11-8(14)5-7(16)6-9(11)15/h5-6H,3-4H2,1-2H3,(H,19,20)(H2,17,18,21). The Morgan fingerprint density at radius 3 is 2.57 bits per heavy atom. The summed E-state index contributed by atoms with van der Waals surface area (Å²) in [7, 11) is 0. The van der Waals surface area contributed by atoms with Gasteiger partial charge < -0.3 is 15.7 Å². The van der Waals surface area contributed by atoms with Gasteiger partial charge in [0.05, 0.1) is 10.7 Å². The number of hydrogen-bond donors (Lipinski definition) is 3. The van der Waals surface area contributed by atoms with Crippen LogP contribution in [0.5, 0.6) is 0 Å². The van der Waals surface area contributed by atoms with Gasteiger partial charge in [-0.1, -0.05) is 11.6 Å². The van der Waals surface area contributed by atoms with E-state index in [0.717, 1.165) is 6.07 Å². The van der Waals surface area contributed by atoms with Crippen LogP contribution in [-0.4, -0.2) is 22.6 Å². The van der Waals surface area contributed by atoms with Gasteiger partial charge in [0.1, 0.15) is 5.82 Å². The first-order valence-corrected chi connectivity index (χ1v) is 7.23. The van der Waals surface area contributed by atoms with Crippen LogP contribution in [0.4, 0.5) is 14.9 Å². The highest BCUT2D eigenvalue weighted by Crippen LogP contribution is 2.31. The van der Waals surface area contributed by atoms with Gasteiger partial charge in [0.2, 0.25) is 0 Å². The van der Waals surface area contributed by atoms with Gasteiger partial charge in [0.15, 0.2) is 0 Å². The fourth-order valence-electron chi connectivity index (χ4n) is 1.60. The number of carbonyl (C=O) groups is 2. The van der Waals surface area contributed by atoms with Crippen molar-refractivity contribution in [3.05, 3.63) is 27.4 Å². The lowest BCUT2D eigenvalue weighted by Gasteiger charge is -2.26. The summed E-state index contributed by atoms with van der Waals surface area (Å²) in [4.78, 5) is 22.5. The zero-order valence-electron chi connectivity index (χ0n) is 11.5. The molecule has 0 aliphatic rings. The minimum Gasteiger partial charge on any atom is -0.481 e. The van der Waals surface area contributed by atoms with Gasteiger partial charge in [-0.15, -0.1) is 0 Å². The van der Waals surface area contributed by atoms with Crippen molar-refractivity contribution >= 4 is 45.2 Å². The van der Waals surface area contributed by atoms with E-state index in [1.54, 1.807) is 13.8 Å². The van der Waals surface area contributed by atoms with E-state index in [2.05, 4.69) is 26.6 Å². The quantitative estimate of drug-likeness (QED) is 0.721. The highest BCUT2D eigenvalue weighted by Gasteiger charge is 2.22. The van der Waals surface area contributed by atoms with E-state index in [1.807, 2.05) is 0 Å². The second kappa shape index (κ2) is 7.09. The minimum atomic E-state index is -0.936. The van der Waals surface area contributed by atoms with Crippen LogP contribution in [0.25, 0.3) is 0 Å². The Balaban J connectivity index is 2.72. The number of carbonyl (C=O) groups excluding carboxylic acids is 1. The molecule has 116 valence electrons. The van der Waals surface area contributed by atoms with Crippen molar-refractivity contribution in [1.82, 2.24) is 5.32 Å². The Bertz CT molecular complexity index is 543. The molecule has 0 aliphatic carbocycles.